The Morgan fingerprint density at radius 3 is 1.02 bits per heavy atom. The van der Waals surface area contributed by atoms with Crippen molar-refractivity contribution in [3.05, 3.63) is 18.7 Å². The zero-order valence-electron chi connectivity index (χ0n) is 31.3. The molecule has 0 radical (unpaired) electrons. The molecule has 0 aromatic carbocycles. The molecular weight excluding hydrogens is 760 g/mol. The third-order valence-corrected chi connectivity index (χ3v) is 15.6. The van der Waals surface area contributed by atoms with Gasteiger partial charge in [0.2, 0.25) is 0 Å². The Kier molecular flexibility index (Phi) is 25.4. The van der Waals surface area contributed by atoms with Crippen molar-refractivity contribution in [2.24, 2.45) is 11.8 Å². The highest BCUT2D eigenvalue weighted by atomic mass is 79.9. The molecule has 0 amide bonds. The van der Waals surface area contributed by atoms with Crippen LogP contribution >= 0.6 is 54.5 Å². The second kappa shape index (κ2) is 27.6. The third-order valence-electron chi connectivity index (χ3n) is 10.3. The number of hydrogen-bond donors (Lipinski definition) is 0. The van der Waals surface area contributed by atoms with Crippen LogP contribution in [0.5, 0.6) is 0 Å². The lowest BCUT2D eigenvalue weighted by molar-refractivity contribution is 0.0967. The van der Waals surface area contributed by atoms with E-state index in [1.165, 1.54) is 154 Å². The normalized spacial score (nSPS) is 13.0. The second-order valence-corrected chi connectivity index (χ2v) is 18.2. The van der Waals surface area contributed by atoms with E-state index >= 15 is 0 Å². The molecule has 48 heavy (non-hydrogen) atoms. The maximum Gasteiger partial charge on any atom is 0.174 e. The van der Waals surface area contributed by atoms with Crippen molar-refractivity contribution >= 4 is 75.5 Å². The Balaban J connectivity index is 1.98. The molecule has 2 aromatic heterocycles. The van der Waals surface area contributed by atoms with E-state index in [-0.39, 0.29) is 11.6 Å². The molecule has 0 spiro atoms. The van der Waals surface area contributed by atoms with Crippen molar-refractivity contribution in [1.29, 1.82) is 0 Å². The Bertz CT molecular complexity index is 1050. The highest BCUT2D eigenvalue weighted by Crippen LogP contribution is 2.47. The summed E-state index contributed by atoms with van der Waals surface area (Å²) in [4.78, 5) is 28.8. The number of unbranched alkanes of at least 4 members (excludes halogenated alkanes) is 16. The highest BCUT2D eigenvalue weighted by Gasteiger charge is 2.25. The molecule has 0 saturated heterocycles. The highest BCUT2D eigenvalue weighted by molar-refractivity contribution is 9.11. The Morgan fingerprint density at radius 2 is 0.708 bits per heavy atom. The maximum absolute atomic E-state index is 13.6. The zero-order valence-corrected chi connectivity index (χ0v) is 36.1. The van der Waals surface area contributed by atoms with Crippen LogP contribution in [0.4, 0.5) is 0 Å². The van der Waals surface area contributed by atoms with Gasteiger partial charge in [-0.3, -0.25) is 9.59 Å². The molecule has 276 valence electrons. The number of ketones is 2. The van der Waals surface area contributed by atoms with E-state index < -0.39 is 0 Å². The second-order valence-electron chi connectivity index (χ2n) is 14.6. The number of Topliss-reactive ketones (excluding diaryl/α,β-unsaturated/α-hetero) is 2. The van der Waals surface area contributed by atoms with Crippen LogP contribution in [0, 0.1) is 11.8 Å². The summed E-state index contributed by atoms with van der Waals surface area (Å²) in [6, 6.07) is 0. The Hall–Kier alpha value is -0.0400. The predicted molar refractivity (Wildman–Crippen MR) is 223 cm³/mol. The van der Waals surface area contributed by atoms with Crippen molar-refractivity contribution in [3.8, 4) is 0 Å². The summed E-state index contributed by atoms with van der Waals surface area (Å²) in [5, 5.41) is 0. The first-order valence-electron chi connectivity index (χ1n) is 20.3. The lowest BCUT2D eigenvalue weighted by Gasteiger charge is -2.17. The molecule has 0 aliphatic carbocycles. The van der Waals surface area contributed by atoms with Crippen molar-refractivity contribution < 1.29 is 9.59 Å². The zero-order chi connectivity index (χ0) is 35.0. The third kappa shape index (κ3) is 17.0. The van der Waals surface area contributed by atoms with Gasteiger partial charge in [-0.25, -0.2) is 0 Å². The number of fused-ring (bicyclic) bond motifs is 1. The van der Waals surface area contributed by atoms with Crippen LogP contribution in [0.2, 0.25) is 0 Å². The van der Waals surface area contributed by atoms with Crippen LogP contribution < -0.4 is 0 Å². The lowest BCUT2D eigenvalue weighted by atomic mass is 9.89. The number of rotatable bonds is 32. The first-order chi connectivity index (χ1) is 23.4. The van der Waals surface area contributed by atoms with Crippen LogP contribution in [0.3, 0.4) is 0 Å². The summed E-state index contributed by atoms with van der Waals surface area (Å²) in [7, 11) is 0. The first kappa shape index (κ1) is 44.1. The van der Waals surface area contributed by atoms with Crippen LogP contribution in [-0.2, 0) is 0 Å². The minimum atomic E-state index is 0.261. The standard InChI is InChI=1S/C42H70Br2O2S2/c1-5-9-13-17-19-23-27-33(25-21-15-11-7-3)29-31-35(45)39-37(43)41-42(47-39)38(44)40(48-41)36(46)32-30-34(26-22-16-12-8-4)28-24-20-18-14-10-6-2/h33-34H,5-32H2,1-4H3. The number of carbonyl (C=O) groups excluding carboxylic acids is 2. The Morgan fingerprint density at radius 1 is 0.438 bits per heavy atom. The van der Waals surface area contributed by atoms with Gasteiger partial charge in [-0.1, -0.05) is 182 Å². The molecule has 0 bridgehead atoms. The van der Waals surface area contributed by atoms with Crippen LogP contribution in [0.25, 0.3) is 9.40 Å². The molecule has 2 heterocycles. The van der Waals surface area contributed by atoms with Crippen LogP contribution in [-0.4, -0.2) is 11.6 Å². The summed E-state index contributed by atoms with van der Waals surface area (Å²) >= 11 is 10.8. The topological polar surface area (TPSA) is 34.1 Å². The molecule has 2 unspecified atom stereocenters. The van der Waals surface area contributed by atoms with Gasteiger partial charge in [-0.05, 0) is 56.5 Å². The van der Waals surface area contributed by atoms with Gasteiger partial charge < -0.3 is 0 Å². The fourth-order valence-corrected chi connectivity index (χ4v) is 11.6. The molecular formula is C42H70Br2O2S2. The van der Waals surface area contributed by atoms with Gasteiger partial charge in [-0.2, -0.15) is 0 Å². The molecule has 0 fully saturated rings. The summed E-state index contributed by atoms with van der Waals surface area (Å²) < 4.78 is 3.93. The van der Waals surface area contributed by atoms with Gasteiger partial charge in [0.15, 0.2) is 11.6 Å². The summed E-state index contributed by atoms with van der Waals surface area (Å²) in [6.45, 7) is 9.11. The number of hydrogen-bond acceptors (Lipinski definition) is 4. The minimum Gasteiger partial charge on any atom is -0.293 e. The predicted octanol–water partition coefficient (Wildman–Crippen LogP) is 17.1. The summed E-state index contributed by atoms with van der Waals surface area (Å²) in [5.74, 6) is 1.84. The maximum atomic E-state index is 13.6. The molecule has 0 N–H and O–H groups in total. The SMILES string of the molecule is CCCCCCCCC(CCCCCC)CCC(=O)c1sc2c(Br)c(C(=O)CCC(CCCCCC)CCCCCCCC)sc2c1Br. The van der Waals surface area contributed by atoms with Crippen LogP contribution in [0.15, 0.2) is 8.95 Å². The van der Waals surface area contributed by atoms with E-state index in [2.05, 4.69) is 59.6 Å². The van der Waals surface area contributed by atoms with Gasteiger partial charge in [0.25, 0.3) is 0 Å². The summed E-state index contributed by atoms with van der Waals surface area (Å²) in [6.07, 6.45) is 34.7. The average Bonchev–Trinajstić information content (AvgIpc) is 3.59. The lowest BCUT2D eigenvalue weighted by Crippen LogP contribution is -2.06. The molecule has 0 aliphatic heterocycles. The van der Waals surface area contributed by atoms with Crippen LogP contribution in [0.1, 0.15) is 227 Å². The number of thiophene rings is 2. The molecule has 2 rings (SSSR count). The van der Waals surface area contributed by atoms with Crippen molar-refractivity contribution in [3.63, 3.8) is 0 Å². The van der Waals surface area contributed by atoms with Gasteiger partial charge in [0, 0.05) is 12.8 Å². The van der Waals surface area contributed by atoms with Crippen molar-refractivity contribution in [1.82, 2.24) is 0 Å². The van der Waals surface area contributed by atoms with E-state index in [0.29, 0.717) is 24.7 Å². The number of halogens is 2. The van der Waals surface area contributed by atoms with E-state index in [1.807, 2.05) is 0 Å². The Labute approximate surface area is 321 Å². The van der Waals surface area contributed by atoms with E-state index in [1.54, 1.807) is 22.7 Å². The molecule has 2 nitrogen and oxygen atoms in total. The van der Waals surface area contributed by atoms with E-state index in [4.69, 9.17) is 0 Å². The smallest absolute Gasteiger partial charge is 0.174 e. The van der Waals surface area contributed by atoms with Gasteiger partial charge in [0.1, 0.15) is 0 Å². The number of carbonyl (C=O) groups is 2. The summed E-state index contributed by atoms with van der Waals surface area (Å²) in [5.41, 5.74) is 0. The fourth-order valence-electron chi connectivity index (χ4n) is 7.15. The minimum absolute atomic E-state index is 0.261. The largest absolute Gasteiger partial charge is 0.293 e. The van der Waals surface area contributed by atoms with E-state index in [9.17, 15) is 9.59 Å². The monoisotopic (exact) mass is 828 g/mol. The van der Waals surface area contributed by atoms with E-state index in [0.717, 1.165) is 40.9 Å². The van der Waals surface area contributed by atoms with Gasteiger partial charge >= 0.3 is 0 Å². The molecule has 0 aliphatic rings. The molecule has 2 aromatic rings. The fraction of sp³-hybridized carbons (Fsp3) is 0.810. The molecule has 0 saturated carbocycles. The van der Waals surface area contributed by atoms with Crippen molar-refractivity contribution in [2.45, 2.75) is 207 Å². The van der Waals surface area contributed by atoms with Gasteiger partial charge in [-0.15, -0.1) is 22.7 Å². The first-order valence-corrected chi connectivity index (χ1v) is 23.6. The van der Waals surface area contributed by atoms with Crippen molar-refractivity contribution in [2.75, 3.05) is 0 Å². The average molecular weight is 831 g/mol. The molecule has 2 atom stereocenters. The molecule has 6 heteroatoms. The quantitative estimate of drug-likeness (QED) is 0.0544. The van der Waals surface area contributed by atoms with Gasteiger partial charge in [0.05, 0.1) is 28.1 Å².